The van der Waals surface area contributed by atoms with Crippen molar-refractivity contribution in [3.63, 3.8) is 0 Å². The summed E-state index contributed by atoms with van der Waals surface area (Å²) in [5.74, 6) is -0.173. The molecular formula is C11H14N5O9P. The number of aromatic amines is 1. The lowest BCUT2D eigenvalue weighted by Gasteiger charge is -2.16. The molecule has 6 N–H and O–H groups in total. The maximum absolute atomic E-state index is 11.9. The predicted molar refractivity (Wildman–Crippen MR) is 81.8 cm³/mol. The van der Waals surface area contributed by atoms with Crippen molar-refractivity contribution >= 4 is 31.3 Å². The van der Waals surface area contributed by atoms with E-state index in [0.29, 0.717) is 6.41 Å². The summed E-state index contributed by atoms with van der Waals surface area (Å²) in [5.41, 5.74) is -0.819. The van der Waals surface area contributed by atoms with Gasteiger partial charge in [-0.15, -0.1) is 0 Å². The number of H-pyrrole nitrogens is 1. The van der Waals surface area contributed by atoms with Crippen LogP contribution >= 0.6 is 7.82 Å². The third-order valence-electron chi connectivity index (χ3n) is 3.65. The van der Waals surface area contributed by atoms with E-state index in [0.717, 1.165) is 10.9 Å². The fourth-order valence-electron chi connectivity index (χ4n) is 2.50. The van der Waals surface area contributed by atoms with Crippen LogP contribution in [0.3, 0.4) is 0 Å². The average Bonchev–Trinajstić information content (AvgIpc) is 3.08. The summed E-state index contributed by atoms with van der Waals surface area (Å²) in [6.07, 6.45) is -4.15. The summed E-state index contributed by atoms with van der Waals surface area (Å²) in [6, 6.07) is 0. The van der Waals surface area contributed by atoms with Crippen LogP contribution in [0.1, 0.15) is 6.23 Å². The van der Waals surface area contributed by atoms with Gasteiger partial charge < -0.3 is 24.7 Å². The van der Waals surface area contributed by atoms with Crippen LogP contribution in [-0.4, -0.2) is 70.8 Å². The summed E-state index contributed by atoms with van der Waals surface area (Å²) >= 11 is 0. The molecule has 4 atom stereocenters. The highest BCUT2D eigenvalue weighted by atomic mass is 31.2. The number of ether oxygens (including phenoxy) is 1. The molecule has 0 spiro atoms. The molecule has 0 aliphatic carbocycles. The summed E-state index contributed by atoms with van der Waals surface area (Å²) < 4.78 is 21.6. The van der Waals surface area contributed by atoms with E-state index in [2.05, 4.69) is 24.8 Å². The van der Waals surface area contributed by atoms with E-state index in [1.165, 1.54) is 0 Å². The van der Waals surface area contributed by atoms with Crippen molar-refractivity contribution < 1.29 is 38.6 Å². The van der Waals surface area contributed by atoms with Crippen molar-refractivity contribution in [2.45, 2.75) is 24.5 Å². The molecule has 1 aliphatic rings. The van der Waals surface area contributed by atoms with Crippen LogP contribution in [0.15, 0.2) is 11.1 Å². The monoisotopic (exact) mass is 391 g/mol. The molecule has 0 bridgehead atoms. The molecule has 142 valence electrons. The molecule has 1 fully saturated rings. The Hall–Kier alpha value is -2.19. The molecule has 0 saturated carbocycles. The fraction of sp³-hybridized carbons (Fsp3) is 0.455. The molecule has 3 heterocycles. The standard InChI is InChI=1S/C11H14N5O9P/c17-3-13-11-14-8-5(9(20)15-11)12-2-16(8)10-7(19)6(18)4(25-10)1-24-26(21,22)23/h2-4,6-7,10,18-19H,1H2,(H2,21,22,23)(H2,13,14,15,17,20)/t4-,6-,7-,10-/m1/s1. The highest BCUT2D eigenvalue weighted by Crippen LogP contribution is 2.38. The molecule has 1 aliphatic heterocycles. The minimum absolute atomic E-state index is 0.0501. The summed E-state index contributed by atoms with van der Waals surface area (Å²) in [5, 5.41) is 22.3. The SMILES string of the molecule is O=CNc1nc2c(ncn2[C@@H]2O[C@H](COP(=O)(O)O)[C@@H](O)[C@H]2O)c(=O)[nH]1. The molecule has 3 rings (SSSR count). The van der Waals surface area contributed by atoms with Crippen molar-refractivity contribution in [2.75, 3.05) is 11.9 Å². The first-order chi connectivity index (χ1) is 12.2. The van der Waals surface area contributed by atoms with E-state index in [-0.39, 0.29) is 17.1 Å². The number of nitrogens with zero attached hydrogens (tertiary/aromatic N) is 3. The van der Waals surface area contributed by atoms with Crippen LogP contribution in [0, 0.1) is 0 Å². The topological polar surface area (TPSA) is 209 Å². The van der Waals surface area contributed by atoms with Gasteiger partial charge in [0.2, 0.25) is 12.4 Å². The van der Waals surface area contributed by atoms with Gasteiger partial charge in [-0.2, -0.15) is 4.98 Å². The second-order valence-electron chi connectivity index (χ2n) is 5.33. The van der Waals surface area contributed by atoms with Crippen molar-refractivity contribution in [1.82, 2.24) is 19.5 Å². The Balaban J connectivity index is 1.92. The molecule has 26 heavy (non-hydrogen) atoms. The van der Waals surface area contributed by atoms with E-state index in [1.807, 2.05) is 0 Å². The summed E-state index contributed by atoms with van der Waals surface area (Å²) in [7, 11) is -4.80. The summed E-state index contributed by atoms with van der Waals surface area (Å²) in [6.45, 7) is -0.683. The average molecular weight is 391 g/mol. The van der Waals surface area contributed by atoms with Crippen molar-refractivity contribution in [3.05, 3.63) is 16.7 Å². The Labute approximate surface area is 143 Å². The van der Waals surface area contributed by atoms with Crippen LogP contribution in [-0.2, 0) is 18.6 Å². The van der Waals surface area contributed by atoms with Gasteiger partial charge in [0.25, 0.3) is 5.56 Å². The van der Waals surface area contributed by atoms with E-state index < -0.39 is 44.5 Å². The van der Waals surface area contributed by atoms with Gasteiger partial charge in [-0.3, -0.25) is 29.0 Å². The molecule has 1 amide bonds. The van der Waals surface area contributed by atoms with Gasteiger partial charge in [-0.05, 0) is 0 Å². The van der Waals surface area contributed by atoms with Crippen LogP contribution in [0.25, 0.3) is 11.2 Å². The van der Waals surface area contributed by atoms with Gasteiger partial charge in [0.05, 0.1) is 12.9 Å². The third kappa shape index (κ3) is 3.52. The minimum atomic E-state index is -4.80. The van der Waals surface area contributed by atoms with E-state index in [9.17, 15) is 24.4 Å². The Morgan fingerprint density at radius 3 is 2.81 bits per heavy atom. The lowest BCUT2D eigenvalue weighted by Crippen LogP contribution is -2.33. The zero-order valence-corrected chi connectivity index (χ0v) is 13.7. The van der Waals surface area contributed by atoms with Gasteiger partial charge in [0.1, 0.15) is 18.3 Å². The van der Waals surface area contributed by atoms with E-state index >= 15 is 0 Å². The summed E-state index contributed by atoms with van der Waals surface area (Å²) in [4.78, 5) is 50.0. The molecular weight excluding hydrogens is 377 g/mol. The zero-order valence-electron chi connectivity index (χ0n) is 12.8. The number of anilines is 1. The van der Waals surface area contributed by atoms with Gasteiger partial charge in [0.15, 0.2) is 17.4 Å². The number of carbonyl (C=O) groups excluding carboxylic acids is 1. The zero-order chi connectivity index (χ0) is 19.1. The highest BCUT2D eigenvalue weighted by molar-refractivity contribution is 7.46. The maximum atomic E-state index is 11.9. The van der Waals surface area contributed by atoms with Crippen molar-refractivity contribution in [1.29, 1.82) is 0 Å². The molecule has 2 aromatic heterocycles. The Morgan fingerprint density at radius 1 is 1.42 bits per heavy atom. The Bertz CT molecular complexity index is 922. The second-order valence-corrected chi connectivity index (χ2v) is 6.57. The number of phosphoric ester groups is 1. The highest BCUT2D eigenvalue weighted by Gasteiger charge is 2.45. The molecule has 1 saturated heterocycles. The number of aliphatic hydroxyl groups is 2. The minimum Gasteiger partial charge on any atom is -0.387 e. The number of amides is 1. The third-order valence-corrected chi connectivity index (χ3v) is 4.13. The number of fused-ring (bicyclic) bond motifs is 1. The number of aromatic nitrogens is 4. The van der Waals surface area contributed by atoms with Crippen molar-refractivity contribution in [2.24, 2.45) is 0 Å². The first-order valence-corrected chi connectivity index (χ1v) is 8.63. The van der Waals surface area contributed by atoms with Crippen molar-refractivity contribution in [3.8, 4) is 0 Å². The van der Waals surface area contributed by atoms with Crippen LogP contribution < -0.4 is 10.9 Å². The first kappa shape index (κ1) is 18.6. The van der Waals surface area contributed by atoms with Gasteiger partial charge in [0, 0.05) is 0 Å². The Kier molecular flexibility index (Phi) is 4.90. The number of carbonyl (C=O) groups is 1. The fourth-order valence-corrected chi connectivity index (χ4v) is 2.84. The molecule has 14 nitrogen and oxygen atoms in total. The normalized spacial score (nSPS) is 26.3. The van der Waals surface area contributed by atoms with Gasteiger partial charge in [-0.25, -0.2) is 9.55 Å². The lowest BCUT2D eigenvalue weighted by atomic mass is 10.1. The number of imidazole rings is 1. The molecule has 2 aromatic rings. The van der Waals surface area contributed by atoms with E-state index in [4.69, 9.17) is 14.5 Å². The number of hydrogen-bond acceptors (Lipinski definition) is 9. The van der Waals surface area contributed by atoms with Gasteiger partial charge in [-0.1, -0.05) is 0 Å². The maximum Gasteiger partial charge on any atom is 0.469 e. The molecule has 0 radical (unpaired) electrons. The molecule has 15 heteroatoms. The van der Waals surface area contributed by atoms with Crippen LogP contribution in [0.5, 0.6) is 0 Å². The van der Waals surface area contributed by atoms with Crippen LogP contribution in [0.4, 0.5) is 5.95 Å². The lowest BCUT2D eigenvalue weighted by molar-refractivity contribution is -0.105. The quantitative estimate of drug-likeness (QED) is 0.222. The number of aliphatic hydroxyl groups excluding tert-OH is 2. The number of rotatable bonds is 6. The number of nitrogens with one attached hydrogen (secondary N) is 2. The second kappa shape index (κ2) is 6.85. The largest absolute Gasteiger partial charge is 0.469 e. The first-order valence-electron chi connectivity index (χ1n) is 7.10. The van der Waals surface area contributed by atoms with Crippen LogP contribution in [0.2, 0.25) is 0 Å². The smallest absolute Gasteiger partial charge is 0.387 e. The molecule has 0 unspecified atom stereocenters. The number of phosphoric acid groups is 1. The van der Waals surface area contributed by atoms with Gasteiger partial charge >= 0.3 is 7.82 Å². The predicted octanol–water partition coefficient (Wildman–Crippen LogP) is -2.58. The molecule has 0 aromatic carbocycles. The number of hydrogen-bond donors (Lipinski definition) is 6. The Morgan fingerprint density at radius 2 is 2.15 bits per heavy atom. The van der Waals surface area contributed by atoms with E-state index in [1.54, 1.807) is 0 Å².